The van der Waals surface area contributed by atoms with Gasteiger partial charge in [0.2, 0.25) is 0 Å². The summed E-state index contributed by atoms with van der Waals surface area (Å²) < 4.78 is 5.66. The van der Waals surface area contributed by atoms with E-state index < -0.39 is 0 Å². The maximum atomic E-state index is 6.15. The number of nitrogens with one attached hydrogen (secondary N) is 1. The van der Waals surface area contributed by atoms with Gasteiger partial charge in [0.15, 0.2) is 0 Å². The second-order valence-electron chi connectivity index (χ2n) is 4.85. The maximum absolute atomic E-state index is 6.15. The van der Waals surface area contributed by atoms with Crippen LogP contribution < -0.4 is 10.6 Å². The lowest BCUT2D eigenvalue weighted by Gasteiger charge is -2.25. The van der Waals surface area contributed by atoms with Gasteiger partial charge in [-0.3, -0.25) is 5.10 Å². The van der Waals surface area contributed by atoms with Crippen LogP contribution in [0.4, 0.5) is 11.4 Å². The van der Waals surface area contributed by atoms with Gasteiger partial charge < -0.3 is 15.4 Å². The van der Waals surface area contributed by atoms with Crippen molar-refractivity contribution in [1.29, 1.82) is 0 Å². The highest BCUT2D eigenvalue weighted by Gasteiger charge is 2.17. The van der Waals surface area contributed by atoms with Gasteiger partial charge in [-0.1, -0.05) is 0 Å². The normalized spacial score (nSPS) is 21.2. The summed E-state index contributed by atoms with van der Waals surface area (Å²) in [6.45, 7) is 4.78. The molecule has 5 heteroatoms. The molecule has 3 rings (SSSR count). The third-order valence-corrected chi connectivity index (χ3v) is 3.38. The molecule has 1 aromatic carbocycles. The summed E-state index contributed by atoms with van der Waals surface area (Å²) >= 11 is 0. The molecule has 1 aliphatic heterocycles. The zero-order chi connectivity index (χ0) is 12.5. The van der Waals surface area contributed by atoms with Crippen LogP contribution in [0.25, 0.3) is 10.9 Å². The van der Waals surface area contributed by atoms with Crippen LogP contribution in [-0.4, -0.2) is 36.0 Å². The van der Waals surface area contributed by atoms with E-state index in [-0.39, 0.29) is 6.10 Å². The number of fused-ring (bicyclic) bond motifs is 1. The Morgan fingerprint density at radius 2 is 2.39 bits per heavy atom. The lowest BCUT2D eigenvalue weighted by atomic mass is 10.1. The van der Waals surface area contributed by atoms with Gasteiger partial charge in [-0.2, -0.15) is 5.10 Å². The maximum Gasteiger partial charge on any atom is 0.0721 e. The Morgan fingerprint density at radius 3 is 3.28 bits per heavy atom. The molecule has 1 aromatic heterocycles. The molecule has 1 aliphatic rings. The second-order valence-corrected chi connectivity index (χ2v) is 4.85. The highest BCUT2D eigenvalue weighted by Crippen LogP contribution is 2.29. The lowest BCUT2D eigenvalue weighted by molar-refractivity contribution is 0.0821. The molecule has 1 saturated heterocycles. The van der Waals surface area contributed by atoms with E-state index in [0.717, 1.165) is 48.4 Å². The number of hydrogen-bond acceptors (Lipinski definition) is 4. The molecule has 1 fully saturated rings. The van der Waals surface area contributed by atoms with Gasteiger partial charge >= 0.3 is 0 Å². The SMILES string of the molecule is CC1CN(c2cc3[nH]ncc3cc2N)CCCO1. The minimum atomic E-state index is 0.240. The largest absolute Gasteiger partial charge is 0.397 e. The van der Waals surface area contributed by atoms with Crippen molar-refractivity contribution in [1.82, 2.24) is 10.2 Å². The summed E-state index contributed by atoms with van der Waals surface area (Å²) in [4.78, 5) is 2.30. The fourth-order valence-corrected chi connectivity index (χ4v) is 2.48. The first-order valence-electron chi connectivity index (χ1n) is 6.33. The molecule has 18 heavy (non-hydrogen) atoms. The van der Waals surface area contributed by atoms with Crippen LogP contribution in [0.3, 0.4) is 0 Å². The topological polar surface area (TPSA) is 67.2 Å². The van der Waals surface area contributed by atoms with Crippen LogP contribution in [-0.2, 0) is 4.74 Å². The fraction of sp³-hybridized carbons (Fsp3) is 0.462. The molecule has 96 valence electrons. The molecular formula is C13H18N4O. The van der Waals surface area contributed by atoms with Crippen molar-refractivity contribution in [2.45, 2.75) is 19.4 Å². The monoisotopic (exact) mass is 246 g/mol. The summed E-state index contributed by atoms with van der Waals surface area (Å²) in [6.07, 6.45) is 3.07. The van der Waals surface area contributed by atoms with Crippen molar-refractivity contribution < 1.29 is 4.74 Å². The molecule has 2 heterocycles. The molecule has 5 nitrogen and oxygen atoms in total. The van der Waals surface area contributed by atoms with Gasteiger partial charge in [0, 0.05) is 25.1 Å². The number of benzene rings is 1. The summed E-state index contributed by atoms with van der Waals surface area (Å²) in [5.74, 6) is 0. The molecule has 3 N–H and O–H groups in total. The standard InChI is InChI=1S/C13H18N4O/c1-9-8-17(3-2-4-18-9)13-6-12-10(5-11(13)14)7-15-16-12/h5-7,9H,2-4,8,14H2,1H3,(H,15,16). The predicted octanol–water partition coefficient (Wildman–Crippen LogP) is 1.76. The highest BCUT2D eigenvalue weighted by molar-refractivity contribution is 5.88. The smallest absolute Gasteiger partial charge is 0.0721 e. The molecule has 0 spiro atoms. The summed E-state index contributed by atoms with van der Waals surface area (Å²) in [7, 11) is 0. The number of nitrogen functional groups attached to an aromatic ring is 1. The predicted molar refractivity (Wildman–Crippen MR) is 72.8 cm³/mol. The van der Waals surface area contributed by atoms with E-state index in [0.29, 0.717) is 0 Å². The molecule has 0 radical (unpaired) electrons. The molecule has 0 amide bonds. The van der Waals surface area contributed by atoms with Gasteiger partial charge in [0.1, 0.15) is 0 Å². The van der Waals surface area contributed by atoms with Gasteiger partial charge in [-0.05, 0) is 25.5 Å². The summed E-state index contributed by atoms with van der Waals surface area (Å²) in [5, 5.41) is 8.08. The van der Waals surface area contributed by atoms with Crippen LogP contribution in [0.2, 0.25) is 0 Å². The molecule has 2 aromatic rings. The molecule has 1 atom stereocenters. The number of hydrogen-bond donors (Lipinski definition) is 2. The van der Waals surface area contributed by atoms with Crippen molar-refractivity contribution in [2.24, 2.45) is 0 Å². The first-order valence-corrected chi connectivity index (χ1v) is 6.33. The van der Waals surface area contributed by atoms with E-state index in [1.165, 1.54) is 0 Å². The Balaban J connectivity index is 1.98. The lowest BCUT2D eigenvalue weighted by Crippen LogP contribution is -2.30. The van der Waals surface area contributed by atoms with Crippen LogP contribution in [0.15, 0.2) is 18.3 Å². The average molecular weight is 246 g/mol. The average Bonchev–Trinajstić information content (AvgIpc) is 2.68. The van der Waals surface area contributed by atoms with Crippen LogP contribution in [0.1, 0.15) is 13.3 Å². The van der Waals surface area contributed by atoms with Gasteiger partial charge in [0.25, 0.3) is 0 Å². The molecule has 1 unspecified atom stereocenters. The van der Waals surface area contributed by atoms with Crippen LogP contribution in [0.5, 0.6) is 0 Å². The summed E-state index contributed by atoms with van der Waals surface area (Å²) in [5.41, 5.74) is 9.05. The van der Waals surface area contributed by atoms with E-state index in [4.69, 9.17) is 10.5 Å². The Kier molecular flexibility index (Phi) is 2.83. The Hall–Kier alpha value is -1.75. The second kappa shape index (κ2) is 4.49. The number of nitrogens with zero attached hydrogens (tertiary/aromatic N) is 2. The molecule has 0 aliphatic carbocycles. The molecule has 0 saturated carbocycles. The van der Waals surface area contributed by atoms with Crippen molar-refractivity contribution in [3.8, 4) is 0 Å². The molecule has 0 bridgehead atoms. The minimum Gasteiger partial charge on any atom is -0.397 e. The Bertz CT molecular complexity index is 551. The van der Waals surface area contributed by atoms with Gasteiger partial charge in [0.05, 0.1) is 29.2 Å². The van der Waals surface area contributed by atoms with E-state index in [1.54, 1.807) is 6.20 Å². The first kappa shape index (κ1) is 11.3. The highest BCUT2D eigenvalue weighted by atomic mass is 16.5. The number of anilines is 2. The van der Waals surface area contributed by atoms with Crippen LogP contribution >= 0.6 is 0 Å². The third-order valence-electron chi connectivity index (χ3n) is 3.38. The van der Waals surface area contributed by atoms with E-state index in [9.17, 15) is 0 Å². The van der Waals surface area contributed by atoms with Gasteiger partial charge in [-0.25, -0.2) is 0 Å². The quantitative estimate of drug-likeness (QED) is 0.752. The summed E-state index contributed by atoms with van der Waals surface area (Å²) in [6, 6.07) is 4.06. The number of H-pyrrole nitrogens is 1. The van der Waals surface area contributed by atoms with Crippen molar-refractivity contribution in [3.05, 3.63) is 18.3 Å². The Labute approximate surface area is 106 Å². The van der Waals surface area contributed by atoms with Crippen molar-refractivity contribution in [3.63, 3.8) is 0 Å². The number of nitrogens with two attached hydrogens (primary N) is 1. The number of rotatable bonds is 1. The van der Waals surface area contributed by atoms with Gasteiger partial charge in [-0.15, -0.1) is 0 Å². The van der Waals surface area contributed by atoms with E-state index in [2.05, 4.69) is 28.1 Å². The first-order chi connectivity index (χ1) is 8.74. The van der Waals surface area contributed by atoms with Crippen LogP contribution in [0, 0.1) is 0 Å². The zero-order valence-corrected chi connectivity index (χ0v) is 10.5. The number of aromatic nitrogens is 2. The van der Waals surface area contributed by atoms with Crippen molar-refractivity contribution >= 4 is 22.3 Å². The van der Waals surface area contributed by atoms with E-state index >= 15 is 0 Å². The van der Waals surface area contributed by atoms with E-state index in [1.807, 2.05) is 6.07 Å². The zero-order valence-electron chi connectivity index (χ0n) is 10.5. The number of aromatic amines is 1. The Morgan fingerprint density at radius 1 is 1.50 bits per heavy atom. The fourth-order valence-electron chi connectivity index (χ4n) is 2.48. The van der Waals surface area contributed by atoms with Crippen molar-refractivity contribution in [2.75, 3.05) is 30.3 Å². The molecular weight excluding hydrogens is 228 g/mol. The minimum absolute atomic E-state index is 0.240. The number of ether oxygens (including phenoxy) is 1. The third kappa shape index (κ3) is 2.01.